The van der Waals surface area contributed by atoms with Gasteiger partial charge in [0.15, 0.2) is 0 Å². The van der Waals surface area contributed by atoms with Crippen molar-refractivity contribution in [1.29, 1.82) is 0 Å². The lowest BCUT2D eigenvalue weighted by Crippen LogP contribution is -2.03. The van der Waals surface area contributed by atoms with Crippen LogP contribution in [0.2, 0.25) is 0 Å². The summed E-state index contributed by atoms with van der Waals surface area (Å²) in [6, 6.07) is 6.29. The van der Waals surface area contributed by atoms with Crippen molar-refractivity contribution in [3.05, 3.63) is 28.2 Å². The van der Waals surface area contributed by atoms with Crippen LogP contribution in [0.3, 0.4) is 0 Å². The molecule has 1 fully saturated rings. The molecule has 1 nitrogen and oxygen atoms in total. The normalized spacial score (nSPS) is 17.9. The zero-order valence-corrected chi connectivity index (χ0v) is 14.0. The van der Waals surface area contributed by atoms with Gasteiger partial charge in [-0.15, -0.1) is 0 Å². The van der Waals surface area contributed by atoms with Crippen LogP contribution in [-0.2, 0) is 0 Å². The molecule has 0 aromatic heterocycles. The van der Waals surface area contributed by atoms with Crippen LogP contribution in [-0.4, -0.2) is 6.61 Å². The molecule has 18 heavy (non-hydrogen) atoms. The average Bonchev–Trinajstić information content (AvgIpc) is 2.84. The van der Waals surface area contributed by atoms with E-state index in [0.717, 1.165) is 22.7 Å². The maximum absolute atomic E-state index is 5.73. The second-order valence-corrected chi connectivity index (χ2v) is 6.99. The Kier molecular flexibility index (Phi) is 5.56. The fourth-order valence-electron chi connectivity index (χ4n) is 2.72. The summed E-state index contributed by atoms with van der Waals surface area (Å²) in [5.41, 5.74) is 1.28. The van der Waals surface area contributed by atoms with Gasteiger partial charge < -0.3 is 4.74 Å². The van der Waals surface area contributed by atoms with Crippen LogP contribution >= 0.6 is 31.9 Å². The largest absolute Gasteiger partial charge is 0.494 e. The van der Waals surface area contributed by atoms with Gasteiger partial charge >= 0.3 is 0 Å². The molecule has 0 radical (unpaired) electrons. The molecule has 0 aliphatic heterocycles. The lowest BCUT2D eigenvalue weighted by molar-refractivity contribution is 0.335. The van der Waals surface area contributed by atoms with Crippen LogP contribution in [0.25, 0.3) is 0 Å². The quantitative estimate of drug-likeness (QED) is 0.585. The molecule has 0 bridgehead atoms. The average molecular weight is 376 g/mol. The predicted octanol–water partition coefficient (Wildman–Crippen LogP) is 5.86. The van der Waals surface area contributed by atoms with Gasteiger partial charge in [0.25, 0.3) is 0 Å². The third-order valence-corrected chi connectivity index (χ3v) is 4.98. The van der Waals surface area contributed by atoms with E-state index in [1.165, 1.54) is 37.7 Å². The van der Waals surface area contributed by atoms with Crippen LogP contribution in [0, 0.1) is 5.92 Å². The molecular weight excluding hydrogens is 356 g/mol. The Morgan fingerprint density at radius 2 is 2.06 bits per heavy atom. The minimum Gasteiger partial charge on any atom is -0.494 e. The van der Waals surface area contributed by atoms with Crippen molar-refractivity contribution in [2.45, 2.75) is 43.9 Å². The van der Waals surface area contributed by atoms with Crippen LogP contribution in [0.4, 0.5) is 0 Å². The molecule has 0 heterocycles. The van der Waals surface area contributed by atoms with E-state index in [0.29, 0.717) is 4.83 Å². The summed E-state index contributed by atoms with van der Waals surface area (Å²) in [6.45, 7) is 2.75. The van der Waals surface area contributed by atoms with Crippen LogP contribution in [0.15, 0.2) is 22.7 Å². The monoisotopic (exact) mass is 374 g/mol. The van der Waals surface area contributed by atoms with Gasteiger partial charge in [-0.1, -0.05) is 57.5 Å². The second-order valence-electron chi connectivity index (χ2n) is 4.97. The van der Waals surface area contributed by atoms with Crippen LogP contribution in [0.1, 0.15) is 49.4 Å². The molecule has 1 unspecified atom stereocenters. The smallest absolute Gasteiger partial charge is 0.123 e. The number of ether oxygens (including phenoxy) is 1. The highest BCUT2D eigenvalue weighted by molar-refractivity contribution is 9.10. The van der Waals surface area contributed by atoms with Crippen molar-refractivity contribution in [1.82, 2.24) is 0 Å². The first-order valence-corrected chi connectivity index (χ1v) is 8.48. The lowest BCUT2D eigenvalue weighted by Gasteiger charge is -2.18. The highest BCUT2D eigenvalue weighted by Gasteiger charge is 2.21. The zero-order valence-electron chi connectivity index (χ0n) is 10.8. The van der Waals surface area contributed by atoms with Gasteiger partial charge in [-0.2, -0.15) is 0 Å². The van der Waals surface area contributed by atoms with Gasteiger partial charge in [-0.05, 0) is 37.5 Å². The second kappa shape index (κ2) is 6.95. The Balaban J connectivity index is 2.11. The molecule has 1 aromatic rings. The molecule has 1 aromatic carbocycles. The summed E-state index contributed by atoms with van der Waals surface area (Å²) in [7, 11) is 0. The maximum atomic E-state index is 5.73. The summed E-state index contributed by atoms with van der Waals surface area (Å²) in [4.78, 5) is 0.402. The van der Waals surface area contributed by atoms with E-state index >= 15 is 0 Å². The Bertz CT molecular complexity index is 386. The Labute approximate surface area is 127 Å². The predicted molar refractivity (Wildman–Crippen MR) is 83.6 cm³/mol. The van der Waals surface area contributed by atoms with E-state index in [1.54, 1.807) is 0 Å². The molecule has 1 aliphatic carbocycles. The third kappa shape index (κ3) is 3.74. The molecule has 0 amide bonds. The SMILES string of the molecule is CCOc1ccc(Br)cc1C(Br)CC1CCCC1. The molecule has 1 atom stereocenters. The molecule has 0 saturated heterocycles. The third-order valence-electron chi connectivity index (χ3n) is 3.62. The van der Waals surface area contributed by atoms with Crippen LogP contribution < -0.4 is 4.74 Å². The van der Waals surface area contributed by atoms with Gasteiger partial charge in [0.05, 0.1) is 6.61 Å². The number of benzene rings is 1. The van der Waals surface area contributed by atoms with E-state index < -0.39 is 0 Å². The molecular formula is C15H20Br2O. The van der Waals surface area contributed by atoms with Gasteiger partial charge in [-0.25, -0.2) is 0 Å². The van der Waals surface area contributed by atoms with E-state index in [4.69, 9.17) is 4.74 Å². The summed E-state index contributed by atoms with van der Waals surface area (Å²) in [5, 5.41) is 0. The zero-order chi connectivity index (χ0) is 13.0. The van der Waals surface area contributed by atoms with Crippen molar-refractivity contribution in [3.8, 4) is 5.75 Å². The number of alkyl halides is 1. The summed E-state index contributed by atoms with van der Waals surface area (Å²) < 4.78 is 6.85. The lowest BCUT2D eigenvalue weighted by atomic mass is 9.97. The molecule has 1 aliphatic rings. The minimum absolute atomic E-state index is 0.402. The number of hydrogen-bond acceptors (Lipinski definition) is 1. The first-order chi connectivity index (χ1) is 8.70. The molecule has 0 spiro atoms. The van der Waals surface area contributed by atoms with Crippen molar-refractivity contribution < 1.29 is 4.74 Å². The highest BCUT2D eigenvalue weighted by atomic mass is 79.9. The molecule has 100 valence electrons. The van der Waals surface area contributed by atoms with E-state index in [9.17, 15) is 0 Å². The summed E-state index contributed by atoms with van der Waals surface area (Å²) in [5.74, 6) is 1.89. The van der Waals surface area contributed by atoms with Crippen LogP contribution in [0.5, 0.6) is 5.75 Å². The number of hydrogen-bond donors (Lipinski definition) is 0. The molecule has 2 rings (SSSR count). The van der Waals surface area contributed by atoms with Gasteiger partial charge in [0.2, 0.25) is 0 Å². The minimum atomic E-state index is 0.402. The Morgan fingerprint density at radius 3 is 2.72 bits per heavy atom. The van der Waals surface area contributed by atoms with Crippen molar-refractivity contribution in [2.24, 2.45) is 5.92 Å². The first-order valence-electron chi connectivity index (χ1n) is 6.77. The van der Waals surface area contributed by atoms with E-state index in [1.807, 2.05) is 13.0 Å². The van der Waals surface area contributed by atoms with Gasteiger partial charge in [-0.3, -0.25) is 0 Å². The maximum Gasteiger partial charge on any atom is 0.123 e. The molecule has 1 saturated carbocycles. The number of rotatable bonds is 5. The fraction of sp³-hybridized carbons (Fsp3) is 0.600. The number of halogens is 2. The Hall–Kier alpha value is -0.0200. The standard InChI is InChI=1S/C15H20Br2O/c1-2-18-15-8-7-12(16)10-13(15)14(17)9-11-5-3-4-6-11/h7-8,10-11,14H,2-6,9H2,1H3. The topological polar surface area (TPSA) is 9.23 Å². The highest BCUT2D eigenvalue weighted by Crippen LogP contribution is 2.41. The van der Waals surface area contributed by atoms with E-state index in [-0.39, 0.29) is 0 Å². The van der Waals surface area contributed by atoms with Gasteiger partial charge in [0, 0.05) is 14.9 Å². The summed E-state index contributed by atoms with van der Waals surface area (Å²) >= 11 is 7.40. The molecule has 3 heteroatoms. The summed E-state index contributed by atoms with van der Waals surface area (Å²) in [6.07, 6.45) is 6.80. The Morgan fingerprint density at radius 1 is 1.33 bits per heavy atom. The molecule has 0 N–H and O–H groups in total. The fourth-order valence-corrected chi connectivity index (χ4v) is 3.98. The van der Waals surface area contributed by atoms with Crippen molar-refractivity contribution >= 4 is 31.9 Å². The van der Waals surface area contributed by atoms with Crippen molar-refractivity contribution in [2.75, 3.05) is 6.61 Å². The van der Waals surface area contributed by atoms with Gasteiger partial charge in [0.1, 0.15) is 5.75 Å². The first kappa shape index (κ1) is 14.4. The van der Waals surface area contributed by atoms with Crippen molar-refractivity contribution in [3.63, 3.8) is 0 Å². The van der Waals surface area contributed by atoms with E-state index in [2.05, 4.69) is 44.0 Å².